The minimum absolute atomic E-state index is 0.221. The van der Waals surface area contributed by atoms with E-state index in [-0.39, 0.29) is 12.0 Å². The number of para-hydroxylation sites is 1. The number of hydrogen-bond donors (Lipinski definition) is 2. The molecule has 0 spiro atoms. The van der Waals surface area contributed by atoms with Gasteiger partial charge >= 0.3 is 0 Å². The van der Waals surface area contributed by atoms with Gasteiger partial charge in [0.15, 0.2) is 0 Å². The summed E-state index contributed by atoms with van der Waals surface area (Å²) < 4.78 is 27.0. The van der Waals surface area contributed by atoms with E-state index >= 15 is 0 Å². The number of carbonyl (C=O) groups excluding carboxylic acids is 1. The number of anilines is 1. The van der Waals surface area contributed by atoms with E-state index in [1.807, 2.05) is 12.1 Å². The SMILES string of the molecule is CNCc1ccccc1NC(=O)Cc1c(F)cccc1F. The predicted molar refractivity (Wildman–Crippen MR) is 77.9 cm³/mol. The second-order valence-electron chi connectivity index (χ2n) is 4.61. The molecule has 0 heterocycles. The summed E-state index contributed by atoms with van der Waals surface area (Å²) in [7, 11) is 1.80. The average Bonchev–Trinajstić information content (AvgIpc) is 2.45. The fourth-order valence-electron chi connectivity index (χ4n) is 2.04. The van der Waals surface area contributed by atoms with Crippen molar-refractivity contribution in [1.82, 2.24) is 5.32 Å². The first kappa shape index (κ1) is 15.1. The summed E-state index contributed by atoms with van der Waals surface area (Å²) >= 11 is 0. The summed E-state index contributed by atoms with van der Waals surface area (Å²) in [6.07, 6.45) is -0.341. The molecule has 2 aromatic carbocycles. The van der Waals surface area contributed by atoms with Gasteiger partial charge in [-0.15, -0.1) is 0 Å². The molecule has 0 saturated heterocycles. The summed E-state index contributed by atoms with van der Waals surface area (Å²) in [5, 5.41) is 5.68. The average molecular weight is 290 g/mol. The second kappa shape index (κ2) is 6.95. The van der Waals surface area contributed by atoms with Gasteiger partial charge in [0.05, 0.1) is 6.42 Å². The summed E-state index contributed by atoms with van der Waals surface area (Å²) in [5.41, 5.74) is 1.32. The van der Waals surface area contributed by atoms with Crippen molar-refractivity contribution in [2.75, 3.05) is 12.4 Å². The third kappa shape index (κ3) is 3.86. The van der Waals surface area contributed by atoms with E-state index in [0.29, 0.717) is 12.2 Å². The van der Waals surface area contributed by atoms with Crippen molar-refractivity contribution >= 4 is 11.6 Å². The lowest BCUT2D eigenvalue weighted by atomic mass is 10.1. The lowest BCUT2D eigenvalue weighted by Gasteiger charge is -2.11. The van der Waals surface area contributed by atoms with Gasteiger partial charge in [0, 0.05) is 17.8 Å². The molecule has 0 aliphatic rings. The molecule has 5 heteroatoms. The molecule has 3 nitrogen and oxygen atoms in total. The molecule has 0 aliphatic heterocycles. The highest BCUT2D eigenvalue weighted by atomic mass is 19.1. The van der Waals surface area contributed by atoms with Crippen LogP contribution in [0.3, 0.4) is 0 Å². The Morgan fingerprint density at radius 2 is 1.71 bits per heavy atom. The van der Waals surface area contributed by atoms with E-state index in [4.69, 9.17) is 0 Å². The third-order valence-corrected chi connectivity index (χ3v) is 3.06. The minimum Gasteiger partial charge on any atom is -0.325 e. The van der Waals surface area contributed by atoms with Gasteiger partial charge < -0.3 is 10.6 Å². The van der Waals surface area contributed by atoms with Gasteiger partial charge in [-0.05, 0) is 30.8 Å². The van der Waals surface area contributed by atoms with Crippen molar-refractivity contribution in [3.63, 3.8) is 0 Å². The molecule has 0 radical (unpaired) electrons. The van der Waals surface area contributed by atoms with Gasteiger partial charge in [0.25, 0.3) is 0 Å². The van der Waals surface area contributed by atoms with E-state index in [1.165, 1.54) is 6.07 Å². The lowest BCUT2D eigenvalue weighted by Crippen LogP contribution is -2.18. The van der Waals surface area contributed by atoms with Crippen LogP contribution in [0, 0.1) is 11.6 Å². The van der Waals surface area contributed by atoms with Crippen LogP contribution < -0.4 is 10.6 Å². The van der Waals surface area contributed by atoms with Crippen LogP contribution in [0.4, 0.5) is 14.5 Å². The molecular formula is C16H16F2N2O. The Hall–Kier alpha value is -2.27. The minimum atomic E-state index is -0.714. The highest BCUT2D eigenvalue weighted by molar-refractivity contribution is 5.93. The Bertz CT molecular complexity index is 624. The van der Waals surface area contributed by atoms with Crippen LogP contribution >= 0.6 is 0 Å². The Morgan fingerprint density at radius 3 is 2.38 bits per heavy atom. The monoisotopic (exact) mass is 290 g/mol. The maximum atomic E-state index is 13.5. The fraction of sp³-hybridized carbons (Fsp3) is 0.188. The van der Waals surface area contributed by atoms with E-state index in [9.17, 15) is 13.6 Å². The quantitative estimate of drug-likeness (QED) is 0.889. The predicted octanol–water partition coefficient (Wildman–Crippen LogP) is 2.87. The zero-order chi connectivity index (χ0) is 15.2. The van der Waals surface area contributed by atoms with Crippen molar-refractivity contribution in [3.8, 4) is 0 Å². The summed E-state index contributed by atoms with van der Waals surface area (Å²) in [6, 6.07) is 10.8. The molecule has 2 rings (SSSR count). The van der Waals surface area contributed by atoms with E-state index in [2.05, 4.69) is 10.6 Å². The number of hydrogen-bond acceptors (Lipinski definition) is 2. The summed E-state index contributed by atoms with van der Waals surface area (Å²) in [4.78, 5) is 12.0. The van der Waals surface area contributed by atoms with Crippen LogP contribution in [0.1, 0.15) is 11.1 Å². The van der Waals surface area contributed by atoms with Crippen LogP contribution in [0.25, 0.3) is 0 Å². The normalized spacial score (nSPS) is 10.4. The summed E-state index contributed by atoms with van der Waals surface area (Å²) in [5.74, 6) is -1.88. The standard InChI is InChI=1S/C16H16F2N2O/c1-19-10-11-5-2-3-8-15(11)20-16(21)9-12-13(17)6-4-7-14(12)18/h2-8,19H,9-10H2,1H3,(H,20,21). The smallest absolute Gasteiger partial charge is 0.229 e. The van der Waals surface area contributed by atoms with E-state index in [0.717, 1.165) is 17.7 Å². The fourth-order valence-corrected chi connectivity index (χ4v) is 2.04. The molecule has 0 unspecified atom stereocenters. The third-order valence-electron chi connectivity index (χ3n) is 3.06. The number of halogens is 2. The number of rotatable bonds is 5. The molecule has 0 aliphatic carbocycles. The topological polar surface area (TPSA) is 41.1 Å². The Kier molecular flexibility index (Phi) is 5.00. The van der Waals surface area contributed by atoms with Crippen molar-refractivity contribution < 1.29 is 13.6 Å². The van der Waals surface area contributed by atoms with Crippen molar-refractivity contribution in [2.24, 2.45) is 0 Å². The number of carbonyl (C=O) groups is 1. The molecule has 2 N–H and O–H groups in total. The second-order valence-corrected chi connectivity index (χ2v) is 4.61. The molecule has 0 fully saturated rings. The van der Waals surface area contributed by atoms with E-state index < -0.39 is 17.5 Å². The zero-order valence-corrected chi connectivity index (χ0v) is 11.6. The Labute approximate surface area is 122 Å². The van der Waals surface area contributed by atoms with Crippen molar-refractivity contribution in [3.05, 3.63) is 65.2 Å². The Morgan fingerprint density at radius 1 is 1.05 bits per heavy atom. The summed E-state index contributed by atoms with van der Waals surface area (Å²) in [6.45, 7) is 0.588. The van der Waals surface area contributed by atoms with Crippen molar-refractivity contribution in [1.29, 1.82) is 0 Å². The maximum absolute atomic E-state index is 13.5. The highest BCUT2D eigenvalue weighted by Crippen LogP contribution is 2.17. The first-order valence-corrected chi connectivity index (χ1v) is 6.57. The van der Waals surface area contributed by atoms with Gasteiger partial charge in [-0.2, -0.15) is 0 Å². The maximum Gasteiger partial charge on any atom is 0.229 e. The van der Waals surface area contributed by atoms with Crippen LogP contribution in [-0.2, 0) is 17.8 Å². The molecule has 110 valence electrons. The zero-order valence-electron chi connectivity index (χ0n) is 11.6. The number of nitrogens with one attached hydrogen (secondary N) is 2. The molecule has 0 aromatic heterocycles. The van der Waals surface area contributed by atoms with Gasteiger partial charge in [0.2, 0.25) is 5.91 Å². The number of benzene rings is 2. The van der Waals surface area contributed by atoms with Crippen LogP contribution in [-0.4, -0.2) is 13.0 Å². The molecular weight excluding hydrogens is 274 g/mol. The first-order valence-electron chi connectivity index (χ1n) is 6.57. The lowest BCUT2D eigenvalue weighted by molar-refractivity contribution is -0.115. The van der Waals surface area contributed by atoms with Crippen LogP contribution in [0.15, 0.2) is 42.5 Å². The van der Waals surface area contributed by atoms with Crippen LogP contribution in [0.2, 0.25) is 0 Å². The Balaban J connectivity index is 2.12. The van der Waals surface area contributed by atoms with Gasteiger partial charge in [-0.3, -0.25) is 4.79 Å². The molecule has 0 saturated carbocycles. The molecule has 0 bridgehead atoms. The van der Waals surface area contributed by atoms with Gasteiger partial charge in [-0.1, -0.05) is 24.3 Å². The molecule has 2 aromatic rings. The van der Waals surface area contributed by atoms with Crippen molar-refractivity contribution in [2.45, 2.75) is 13.0 Å². The first-order chi connectivity index (χ1) is 10.1. The molecule has 0 atom stereocenters. The highest BCUT2D eigenvalue weighted by Gasteiger charge is 2.14. The largest absolute Gasteiger partial charge is 0.325 e. The molecule has 1 amide bonds. The number of amides is 1. The molecule has 21 heavy (non-hydrogen) atoms. The van der Waals surface area contributed by atoms with Gasteiger partial charge in [-0.25, -0.2) is 8.78 Å². The van der Waals surface area contributed by atoms with Gasteiger partial charge in [0.1, 0.15) is 11.6 Å². The van der Waals surface area contributed by atoms with Crippen LogP contribution in [0.5, 0.6) is 0 Å². The van der Waals surface area contributed by atoms with E-state index in [1.54, 1.807) is 19.2 Å².